The summed E-state index contributed by atoms with van der Waals surface area (Å²) < 4.78 is 12.5. The number of carbonyl (C=O) groups is 2. The summed E-state index contributed by atoms with van der Waals surface area (Å²) in [6.07, 6.45) is 6.38. The highest BCUT2D eigenvalue weighted by molar-refractivity contribution is 9.10. The van der Waals surface area contributed by atoms with Crippen LogP contribution in [0.15, 0.2) is 39.4 Å². The Labute approximate surface area is 228 Å². The second kappa shape index (κ2) is 12.3. The number of halogens is 1. The van der Waals surface area contributed by atoms with Crippen LogP contribution >= 0.6 is 15.9 Å². The summed E-state index contributed by atoms with van der Waals surface area (Å²) in [6, 6.07) is 5.38. The molecule has 0 aromatic heterocycles. The molecule has 4 rings (SSSR count). The Bertz CT molecular complexity index is 1090. The molecule has 2 N–H and O–H groups in total. The number of aromatic hydroxyl groups is 1. The van der Waals surface area contributed by atoms with Crippen molar-refractivity contribution in [3.8, 4) is 5.75 Å². The first kappa shape index (κ1) is 28.1. The third-order valence-electron chi connectivity index (χ3n) is 7.81. The van der Waals surface area contributed by atoms with Crippen molar-refractivity contribution < 1.29 is 29.1 Å². The highest BCUT2D eigenvalue weighted by Gasteiger charge is 2.57. The van der Waals surface area contributed by atoms with Crippen LogP contribution in [0.3, 0.4) is 0 Å². The third kappa shape index (κ3) is 5.90. The molecule has 2 amide bonds. The Kier molecular flexibility index (Phi) is 9.32. The summed E-state index contributed by atoms with van der Waals surface area (Å²) in [6.45, 7) is 4.90. The van der Waals surface area contributed by atoms with Gasteiger partial charge in [0.15, 0.2) is 0 Å². The van der Waals surface area contributed by atoms with Gasteiger partial charge in [-0.15, -0.1) is 0 Å². The van der Waals surface area contributed by atoms with Gasteiger partial charge in [0.05, 0.1) is 24.5 Å². The molecule has 2 saturated heterocycles. The van der Waals surface area contributed by atoms with E-state index in [2.05, 4.69) is 22.9 Å². The lowest BCUT2D eigenvalue weighted by Gasteiger charge is -2.43. The zero-order valence-corrected chi connectivity index (χ0v) is 23.5. The van der Waals surface area contributed by atoms with Gasteiger partial charge in [0.2, 0.25) is 11.8 Å². The maximum absolute atomic E-state index is 13.4. The first-order valence-electron chi connectivity index (χ1n) is 13.4. The van der Waals surface area contributed by atoms with Gasteiger partial charge in [0.1, 0.15) is 5.75 Å². The summed E-state index contributed by atoms with van der Waals surface area (Å²) in [5, 5.41) is 21.0. The Hall–Kier alpha value is -1.94. The van der Waals surface area contributed by atoms with Crippen LogP contribution in [0.25, 0.3) is 6.08 Å². The lowest BCUT2D eigenvalue weighted by Crippen LogP contribution is -2.46. The maximum atomic E-state index is 13.4. The van der Waals surface area contributed by atoms with E-state index in [0.717, 1.165) is 46.9 Å². The van der Waals surface area contributed by atoms with Gasteiger partial charge in [-0.05, 0) is 73.7 Å². The molecule has 0 saturated carbocycles. The number of fused-ring (bicyclic) bond motifs is 3. The number of ether oxygens (including phenoxy) is 1. The van der Waals surface area contributed by atoms with E-state index in [1.54, 1.807) is 19.2 Å². The van der Waals surface area contributed by atoms with Crippen LogP contribution in [-0.4, -0.2) is 60.3 Å². The molecule has 4 atom stereocenters. The second-order valence-electron chi connectivity index (χ2n) is 10.4. The molecular weight excluding hydrogens is 537 g/mol. The van der Waals surface area contributed by atoms with Crippen molar-refractivity contribution in [3.05, 3.63) is 45.0 Å². The van der Waals surface area contributed by atoms with Crippen LogP contribution in [-0.2, 0) is 19.0 Å². The molecule has 7 nitrogen and oxygen atoms in total. The van der Waals surface area contributed by atoms with Crippen molar-refractivity contribution in [1.29, 1.82) is 0 Å². The molecule has 37 heavy (non-hydrogen) atoms. The number of hydrogen-bond acceptors (Lipinski definition) is 6. The van der Waals surface area contributed by atoms with Crippen molar-refractivity contribution in [2.24, 2.45) is 17.8 Å². The van der Waals surface area contributed by atoms with E-state index in [1.165, 1.54) is 10.5 Å². The highest BCUT2D eigenvalue weighted by Crippen LogP contribution is 2.50. The number of benzene rings is 1. The van der Waals surface area contributed by atoms with E-state index in [-0.39, 0.29) is 35.5 Å². The Morgan fingerprint density at radius 3 is 2.70 bits per heavy atom. The zero-order valence-electron chi connectivity index (χ0n) is 21.9. The van der Waals surface area contributed by atoms with E-state index >= 15 is 0 Å². The molecule has 2 fully saturated rings. The smallest absolute Gasteiger partial charge is 0.455 e. The molecule has 9 heteroatoms. The number of likely N-dealkylation sites (tertiary alicyclic amines) is 1. The number of phenolic OH excluding ortho intramolecular Hbond substituents is 1. The maximum Gasteiger partial charge on any atom is 0.455 e. The number of carbonyl (C=O) groups excluding carboxylic acids is 2. The van der Waals surface area contributed by atoms with Gasteiger partial charge in [0.25, 0.3) is 0 Å². The molecule has 1 aliphatic carbocycles. The number of allylic oxidation sites excluding steroid dienone is 1. The van der Waals surface area contributed by atoms with E-state index in [9.17, 15) is 19.7 Å². The van der Waals surface area contributed by atoms with Crippen LogP contribution in [0.2, 0.25) is 6.32 Å². The number of hydrogen-bond donors (Lipinski definition) is 2. The average Bonchev–Trinajstić information content (AvgIpc) is 3.09. The number of rotatable bonds is 10. The van der Waals surface area contributed by atoms with Crippen LogP contribution in [0.5, 0.6) is 5.75 Å². The quantitative estimate of drug-likeness (QED) is 0.233. The van der Waals surface area contributed by atoms with Gasteiger partial charge in [-0.3, -0.25) is 14.5 Å². The van der Waals surface area contributed by atoms with Gasteiger partial charge in [0, 0.05) is 23.7 Å². The highest BCUT2D eigenvalue weighted by atomic mass is 79.9. The van der Waals surface area contributed by atoms with Crippen molar-refractivity contribution in [2.45, 2.75) is 64.8 Å². The minimum Gasteiger partial charge on any atom is -0.507 e. The monoisotopic (exact) mass is 573 g/mol. The predicted octanol–water partition coefficient (Wildman–Crippen LogP) is 4.97. The molecular formula is C28H37BBrNO6. The number of nitrogens with zero attached hydrogens (tertiary/aromatic N) is 1. The average molecular weight is 574 g/mol. The molecule has 2 aliphatic heterocycles. The Morgan fingerprint density at radius 1 is 1.22 bits per heavy atom. The summed E-state index contributed by atoms with van der Waals surface area (Å²) in [5.74, 6) is -1.04. The molecule has 2 heterocycles. The molecule has 3 aliphatic rings. The Morgan fingerprint density at radius 2 is 2.00 bits per heavy atom. The number of imide groups is 1. The first-order valence-corrected chi connectivity index (χ1v) is 14.2. The van der Waals surface area contributed by atoms with Crippen molar-refractivity contribution >= 4 is 40.9 Å². The lowest BCUT2D eigenvalue weighted by atomic mass is 9.58. The molecule has 1 aromatic carbocycles. The van der Waals surface area contributed by atoms with Crippen LogP contribution in [0.4, 0.5) is 0 Å². The van der Waals surface area contributed by atoms with Crippen LogP contribution < -0.4 is 0 Å². The minimum absolute atomic E-state index is 0.0935. The van der Waals surface area contributed by atoms with Gasteiger partial charge in [-0.25, -0.2) is 0 Å². The van der Waals surface area contributed by atoms with Crippen LogP contribution in [0.1, 0.15) is 57.9 Å². The SMILES string of the molecule is CCC/C(=C\c1cc(Br)ccc1O)CC[C@H]1OB(O)C[C@H]2C1=C(COC)C[C@H]1C(=O)N(CCC)C(=O)[C@H]12. The van der Waals surface area contributed by atoms with Gasteiger partial charge in [-0.2, -0.15) is 0 Å². The van der Waals surface area contributed by atoms with Crippen molar-refractivity contribution in [2.75, 3.05) is 20.3 Å². The number of phenols is 1. The zero-order chi connectivity index (χ0) is 26.7. The summed E-state index contributed by atoms with van der Waals surface area (Å²) in [4.78, 5) is 28.0. The Balaban J connectivity index is 1.63. The second-order valence-corrected chi connectivity index (χ2v) is 11.3. The fourth-order valence-corrected chi connectivity index (χ4v) is 6.73. The van der Waals surface area contributed by atoms with Gasteiger partial charge in [-0.1, -0.05) is 47.8 Å². The molecule has 0 bridgehead atoms. The van der Waals surface area contributed by atoms with Crippen LogP contribution in [0, 0.1) is 17.8 Å². The normalized spacial score (nSPS) is 26.1. The van der Waals surface area contributed by atoms with Gasteiger partial charge >= 0.3 is 7.12 Å². The fourth-order valence-electron chi connectivity index (χ4n) is 6.35. The van der Waals surface area contributed by atoms with E-state index in [0.29, 0.717) is 32.3 Å². The van der Waals surface area contributed by atoms with E-state index in [4.69, 9.17) is 9.39 Å². The molecule has 200 valence electrons. The lowest BCUT2D eigenvalue weighted by molar-refractivity contribution is -0.140. The summed E-state index contributed by atoms with van der Waals surface area (Å²) in [5.41, 5.74) is 4.00. The number of methoxy groups -OCH3 is 1. The molecule has 0 unspecified atom stereocenters. The van der Waals surface area contributed by atoms with E-state index in [1.807, 2.05) is 19.1 Å². The van der Waals surface area contributed by atoms with Crippen molar-refractivity contribution in [1.82, 2.24) is 4.90 Å². The van der Waals surface area contributed by atoms with E-state index < -0.39 is 13.0 Å². The summed E-state index contributed by atoms with van der Waals surface area (Å²) in [7, 11) is 0.650. The van der Waals surface area contributed by atoms with Crippen molar-refractivity contribution in [3.63, 3.8) is 0 Å². The summed E-state index contributed by atoms with van der Waals surface area (Å²) >= 11 is 3.48. The largest absolute Gasteiger partial charge is 0.507 e. The minimum atomic E-state index is -0.989. The number of amides is 2. The molecule has 1 aromatic rings. The topological polar surface area (TPSA) is 96.3 Å². The predicted molar refractivity (Wildman–Crippen MR) is 147 cm³/mol. The third-order valence-corrected chi connectivity index (χ3v) is 8.31. The standard InChI is InChI=1S/C28H37BBrNO6/c1-4-6-17(12-18-13-20(30)8-9-23(18)32)7-10-24-25-19(16-36-3)14-21-26(22(25)15-29(35)37-24)28(34)31(11-5-2)27(21)33/h8-9,12-13,21-22,24,26,32,35H,4-7,10-11,14-16H2,1-3H3/b17-12+/t21-,22+,24-,26-/m1/s1. The first-order chi connectivity index (χ1) is 17.8. The molecule has 0 spiro atoms. The fraction of sp³-hybridized carbons (Fsp3) is 0.571. The molecule has 0 radical (unpaired) electrons. The van der Waals surface area contributed by atoms with Gasteiger partial charge < -0.3 is 19.5 Å².